The van der Waals surface area contributed by atoms with Crippen molar-refractivity contribution in [2.75, 3.05) is 14.2 Å². The highest BCUT2D eigenvalue weighted by Crippen LogP contribution is 2.36. The Kier molecular flexibility index (Phi) is 5.06. The monoisotopic (exact) mass is 417 g/mol. The second-order valence-corrected chi connectivity index (χ2v) is 8.09. The van der Waals surface area contributed by atoms with Gasteiger partial charge < -0.3 is 24.3 Å². The fraction of sp³-hybridized carbons (Fsp3) is 0.320. The number of carbonyl (C=O) groups is 1. The maximum absolute atomic E-state index is 12.8. The van der Waals surface area contributed by atoms with Crippen LogP contribution in [0.1, 0.15) is 36.6 Å². The van der Waals surface area contributed by atoms with Crippen LogP contribution in [-0.4, -0.2) is 29.7 Å². The number of H-pyrrole nitrogens is 1. The van der Waals surface area contributed by atoms with Crippen molar-refractivity contribution >= 4 is 27.7 Å². The predicted octanol–water partition coefficient (Wildman–Crippen LogP) is 4.72. The molecule has 0 aliphatic heterocycles. The topological polar surface area (TPSA) is 68.3 Å². The third-order valence-electron chi connectivity index (χ3n) is 6.32. The first-order valence-corrected chi connectivity index (χ1v) is 10.8. The number of hydrogen-bond donors (Lipinski definition) is 2. The number of amides is 1. The van der Waals surface area contributed by atoms with Crippen LogP contribution in [-0.2, 0) is 17.8 Å². The highest BCUT2D eigenvalue weighted by atomic mass is 16.5. The Morgan fingerprint density at radius 3 is 2.90 bits per heavy atom. The number of hydrogen-bond acceptors (Lipinski definition) is 3. The Bertz CT molecular complexity index is 1250. The minimum Gasteiger partial charge on any atom is -0.497 e. The summed E-state index contributed by atoms with van der Waals surface area (Å²) < 4.78 is 12.9. The lowest BCUT2D eigenvalue weighted by Crippen LogP contribution is -2.31. The van der Waals surface area contributed by atoms with Crippen LogP contribution in [0.25, 0.3) is 21.8 Å². The molecular formula is C25H27N3O3. The van der Waals surface area contributed by atoms with E-state index in [2.05, 4.69) is 33.1 Å². The molecule has 2 N–H and O–H groups in total. The van der Waals surface area contributed by atoms with Gasteiger partial charge in [0.2, 0.25) is 5.91 Å². The zero-order chi connectivity index (χ0) is 21.4. The average Bonchev–Trinajstić information content (AvgIpc) is 3.39. The van der Waals surface area contributed by atoms with Crippen molar-refractivity contribution in [1.82, 2.24) is 14.9 Å². The molecule has 2 aromatic carbocycles. The molecule has 0 radical (unpaired) electrons. The van der Waals surface area contributed by atoms with Crippen molar-refractivity contribution in [2.24, 2.45) is 0 Å². The van der Waals surface area contributed by atoms with E-state index in [0.717, 1.165) is 52.9 Å². The Labute approximate surface area is 181 Å². The predicted molar refractivity (Wildman–Crippen MR) is 122 cm³/mol. The molecule has 5 rings (SSSR count). The maximum atomic E-state index is 12.8. The van der Waals surface area contributed by atoms with Crippen LogP contribution >= 0.6 is 0 Å². The van der Waals surface area contributed by atoms with Crippen LogP contribution < -0.4 is 14.8 Å². The van der Waals surface area contributed by atoms with E-state index in [0.29, 0.717) is 13.0 Å². The summed E-state index contributed by atoms with van der Waals surface area (Å²) in [4.78, 5) is 16.3. The number of carbonyl (C=O) groups excluding carboxylic acids is 1. The van der Waals surface area contributed by atoms with E-state index in [9.17, 15) is 4.79 Å². The fourth-order valence-corrected chi connectivity index (χ4v) is 4.77. The summed E-state index contributed by atoms with van der Waals surface area (Å²) in [5.41, 5.74) is 4.62. The van der Waals surface area contributed by atoms with Crippen molar-refractivity contribution in [3.8, 4) is 11.5 Å². The average molecular weight is 418 g/mol. The van der Waals surface area contributed by atoms with Gasteiger partial charge in [0, 0.05) is 41.1 Å². The Balaban J connectivity index is 1.31. The van der Waals surface area contributed by atoms with Gasteiger partial charge in [-0.2, -0.15) is 0 Å². The number of benzene rings is 2. The first-order chi connectivity index (χ1) is 15.2. The number of nitrogens with zero attached hydrogens (tertiary/aromatic N) is 1. The van der Waals surface area contributed by atoms with E-state index in [4.69, 9.17) is 9.47 Å². The van der Waals surface area contributed by atoms with Crippen LogP contribution in [0.3, 0.4) is 0 Å². The third kappa shape index (κ3) is 3.52. The molecule has 0 bridgehead atoms. The number of aromatic amines is 1. The molecule has 160 valence electrons. The lowest BCUT2D eigenvalue weighted by molar-refractivity contribution is -0.122. The van der Waals surface area contributed by atoms with Crippen LogP contribution in [0.5, 0.6) is 11.5 Å². The molecule has 6 nitrogen and oxygen atoms in total. The van der Waals surface area contributed by atoms with E-state index in [1.165, 1.54) is 10.9 Å². The van der Waals surface area contributed by atoms with Crippen LogP contribution in [0.4, 0.5) is 0 Å². The normalized spacial score (nSPS) is 15.7. The molecule has 0 spiro atoms. The molecule has 1 amide bonds. The summed E-state index contributed by atoms with van der Waals surface area (Å²) in [5.74, 6) is 1.78. The number of aromatic nitrogens is 2. The van der Waals surface area contributed by atoms with Gasteiger partial charge in [-0.25, -0.2) is 0 Å². The van der Waals surface area contributed by atoms with Gasteiger partial charge in [-0.1, -0.05) is 6.07 Å². The highest BCUT2D eigenvalue weighted by molar-refractivity contribution is 5.88. The van der Waals surface area contributed by atoms with E-state index in [-0.39, 0.29) is 11.9 Å². The van der Waals surface area contributed by atoms with Gasteiger partial charge in [0.1, 0.15) is 11.5 Å². The molecule has 1 aliphatic rings. The fourth-order valence-electron chi connectivity index (χ4n) is 4.77. The summed E-state index contributed by atoms with van der Waals surface area (Å²) in [7, 11) is 3.37. The van der Waals surface area contributed by atoms with Crippen molar-refractivity contribution < 1.29 is 14.3 Å². The molecule has 1 aliphatic carbocycles. The number of fused-ring (bicyclic) bond motifs is 4. The van der Waals surface area contributed by atoms with E-state index < -0.39 is 0 Å². The van der Waals surface area contributed by atoms with Gasteiger partial charge in [-0.15, -0.1) is 0 Å². The largest absolute Gasteiger partial charge is 0.497 e. The van der Waals surface area contributed by atoms with Gasteiger partial charge in [-0.3, -0.25) is 4.79 Å². The quantitative estimate of drug-likeness (QED) is 0.477. The van der Waals surface area contributed by atoms with Crippen molar-refractivity contribution in [2.45, 2.75) is 38.3 Å². The molecule has 1 atom stereocenters. The molecule has 0 fully saturated rings. The van der Waals surface area contributed by atoms with E-state index >= 15 is 0 Å². The number of rotatable bonds is 6. The SMILES string of the molecule is COc1ccc2[nH]c3c(c2c1)CCC[C@H]3NC(=O)CCn1ccc2c(OC)cccc21. The molecule has 0 unspecified atom stereocenters. The van der Waals surface area contributed by atoms with Crippen LogP contribution in [0.15, 0.2) is 48.7 Å². The van der Waals surface area contributed by atoms with Crippen LogP contribution in [0, 0.1) is 0 Å². The summed E-state index contributed by atoms with van der Waals surface area (Å²) in [6, 6.07) is 14.2. The molecule has 0 saturated heterocycles. The second kappa shape index (κ2) is 8.02. The lowest BCUT2D eigenvalue weighted by Gasteiger charge is -2.24. The summed E-state index contributed by atoms with van der Waals surface area (Å²) in [6.07, 6.45) is 5.48. The number of methoxy groups -OCH3 is 2. The van der Waals surface area contributed by atoms with Gasteiger partial charge in [0.05, 0.1) is 25.8 Å². The second-order valence-electron chi connectivity index (χ2n) is 8.09. The smallest absolute Gasteiger partial charge is 0.222 e. The molecule has 0 saturated carbocycles. The van der Waals surface area contributed by atoms with Crippen molar-refractivity contribution in [3.63, 3.8) is 0 Å². The van der Waals surface area contributed by atoms with E-state index in [1.807, 2.05) is 30.5 Å². The Morgan fingerprint density at radius 1 is 1.16 bits per heavy atom. The standard InChI is InChI=1S/C25H27N3O3/c1-30-16-9-10-20-19(15-16)17-5-3-6-21(25(17)27-20)26-24(29)12-14-28-13-11-18-22(28)7-4-8-23(18)31-2/h4,7-11,13,15,21,27H,3,5-6,12,14H2,1-2H3,(H,26,29)/t21-/m1/s1. The molecule has 2 aromatic heterocycles. The first kappa shape index (κ1) is 19.5. The van der Waals surface area contributed by atoms with Gasteiger partial charge in [0.15, 0.2) is 0 Å². The molecular weight excluding hydrogens is 390 g/mol. The molecule has 4 aromatic rings. The zero-order valence-corrected chi connectivity index (χ0v) is 17.9. The summed E-state index contributed by atoms with van der Waals surface area (Å²) >= 11 is 0. The lowest BCUT2D eigenvalue weighted by atomic mass is 9.91. The van der Waals surface area contributed by atoms with Crippen molar-refractivity contribution in [1.29, 1.82) is 0 Å². The minimum atomic E-state index is 0.0242. The molecule has 31 heavy (non-hydrogen) atoms. The van der Waals surface area contributed by atoms with Gasteiger partial charge in [0.25, 0.3) is 0 Å². The third-order valence-corrected chi connectivity index (χ3v) is 6.32. The van der Waals surface area contributed by atoms with Crippen molar-refractivity contribution in [3.05, 3.63) is 59.9 Å². The maximum Gasteiger partial charge on any atom is 0.222 e. The van der Waals surface area contributed by atoms with Gasteiger partial charge in [-0.05, 0) is 61.2 Å². The minimum absolute atomic E-state index is 0.0242. The van der Waals surface area contributed by atoms with Gasteiger partial charge >= 0.3 is 0 Å². The molecule has 6 heteroatoms. The number of ether oxygens (including phenoxy) is 2. The summed E-state index contributed by atoms with van der Waals surface area (Å²) in [5, 5.41) is 5.52. The summed E-state index contributed by atoms with van der Waals surface area (Å²) in [6.45, 7) is 0.631. The highest BCUT2D eigenvalue weighted by Gasteiger charge is 2.25. The molecule has 2 heterocycles. The first-order valence-electron chi connectivity index (χ1n) is 10.8. The zero-order valence-electron chi connectivity index (χ0n) is 17.9. The van der Waals surface area contributed by atoms with E-state index in [1.54, 1.807) is 14.2 Å². The van der Waals surface area contributed by atoms with Crippen LogP contribution in [0.2, 0.25) is 0 Å². The number of nitrogens with one attached hydrogen (secondary N) is 2. The number of aryl methyl sites for hydroxylation is 2. The Hall–Kier alpha value is -3.41. The Morgan fingerprint density at radius 2 is 2.06 bits per heavy atom.